The highest BCUT2D eigenvalue weighted by atomic mass is 32.1. The molecule has 0 saturated carbocycles. The van der Waals surface area contributed by atoms with Gasteiger partial charge in [-0.2, -0.15) is 0 Å². The fraction of sp³-hybridized carbons (Fsp3) is 0.438. The van der Waals surface area contributed by atoms with Crippen LogP contribution in [-0.2, 0) is 11.2 Å². The quantitative estimate of drug-likeness (QED) is 0.860. The molecule has 2 heterocycles. The van der Waals surface area contributed by atoms with Gasteiger partial charge in [0.25, 0.3) is 5.91 Å². The normalized spacial score (nSPS) is 11.8. The summed E-state index contributed by atoms with van der Waals surface area (Å²) in [5.41, 5.74) is 0.714. The maximum Gasteiger partial charge on any atom is 0.263 e. The van der Waals surface area contributed by atoms with Crippen LogP contribution in [0.1, 0.15) is 35.6 Å². The number of aromatic nitrogens is 3. The molecule has 2 rings (SSSR count). The Morgan fingerprint density at radius 2 is 1.96 bits per heavy atom. The molecular weight excluding hydrogens is 326 g/mol. The fourth-order valence-electron chi connectivity index (χ4n) is 2.06. The SMILES string of the molecule is CCc1nc(-c2ncccn2)sc1C(=O)NC(C)CC(=O)N(C)C. The summed E-state index contributed by atoms with van der Waals surface area (Å²) in [4.78, 5) is 39.1. The summed E-state index contributed by atoms with van der Waals surface area (Å²) in [6.45, 7) is 3.76. The molecular formula is C16H21N5O2S. The van der Waals surface area contributed by atoms with Crippen molar-refractivity contribution in [3.63, 3.8) is 0 Å². The first-order chi connectivity index (χ1) is 11.4. The van der Waals surface area contributed by atoms with E-state index in [1.807, 2.05) is 13.8 Å². The second-order valence-corrected chi connectivity index (χ2v) is 6.59. The van der Waals surface area contributed by atoms with E-state index in [4.69, 9.17) is 0 Å². The molecule has 24 heavy (non-hydrogen) atoms. The van der Waals surface area contributed by atoms with E-state index in [0.29, 0.717) is 27.8 Å². The van der Waals surface area contributed by atoms with E-state index < -0.39 is 0 Å². The lowest BCUT2D eigenvalue weighted by Crippen LogP contribution is -2.37. The number of rotatable bonds is 6. The van der Waals surface area contributed by atoms with Gasteiger partial charge in [0.1, 0.15) is 4.88 Å². The molecule has 1 atom stereocenters. The van der Waals surface area contributed by atoms with Gasteiger partial charge in [-0.1, -0.05) is 6.92 Å². The summed E-state index contributed by atoms with van der Waals surface area (Å²) in [5, 5.41) is 3.48. The largest absolute Gasteiger partial charge is 0.349 e. The van der Waals surface area contributed by atoms with Crippen LogP contribution in [0.2, 0.25) is 0 Å². The Kier molecular flexibility index (Phi) is 5.97. The highest BCUT2D eigenvalue weighted by molar-refractivity contribution is 7.17. The number of amides is 2. The fourth-order valence-corrected chi connectivity index (χ4v) is 3.06. The number of nitrogens with zero attached hydrogens (tertiary/aromatic N) is 4. The predicted octanol–water partition coefficient (Wildman–Crippen LogP) is 1.76. The van der Waals surface area contributed by atoms with Crippen LogP contribution < -0.4 is 5.32 Å². The summed E-state index contributed by atoms with van der Waals surface area (Å²) >= 11 is 1.27. The van der Waals surface area contributed by atoms with Gasteiger partial charge in [-0.3, -0.25) is 9.59 Å². The smallest absolute Gasteiger partial charge is 0.263 e. The summed E-state index contributed by atoms with van der Waals surface area (Å²) < 4.78 is 0. The Bertz CT molecular complexity index is 715. The van der Waals surface area contributed by atoms with Crippen molar-refractivity contribution in [1.82, 2.24) is 25.2 Å². The third-order valence-corrected chi connectivity index (χ3v) is 4.44. The van der Waals surface area contributed by atoms with Crippen LogP contribution in [0.25, 0.3) is 10.8 Å². The minimum atomic E-state index is -0.254. The first kappa shape index (κ1) is 18.0. The van der Waals surface area contributed by atoms with Crippen LogP contribution in [0.15, 0.2) is 18.5 Å². The minimum absolute atomic E-state index is 0.0267. The second-order valence-electron chi connectivity index (χ2n) is 5.59. The Morgan fingerprint density at radius 1 is 1.29 bits per heavy atom. The lowest BCUT2D eigenvalue weighted by molar-refractivity contribution is -0.129. The van der Waals surface area contributed by atoms with Gasteiger partial charge >= 0.3 is 0 Å². The maximum atomic E-state index is 12.5. The molecule has 0 spiro atoms. The molecule has 0 radical (unpaired) electrons. The molecule has 0 aliphatic heterocycles. The number of hydrogen-bond acceptors (Lipinski definition) is 6. The van der Waals surface area contributed by atoms with Crippen molar-refractivity contribution in [3.05, 3.63) is 29.0 Å². The molecule has 0 bridgehead atoms. The summed E-state index contributed by atoms with van der Waals surface area (Å²) in [7, 11) is 3.39. The van der Waals surface area contributed by atoms with Crippen LogP contribution in [0.4, 0.5) is 0 Å². The number of thiazole rings is 1. The lowest BCUT2D eigenvalue weighted by atomic mass is 10.2. The minimum Gasteiger partial charge on any atom is -0.349 e. The molecule has 128 valence electrons. The molecule has 0 aliphatic rings. The van der Waals surface area contributed by atoms with E-state index >= 15 is 0 Å². The standard InChI is InChI=1S/C16H21N5O2S/c1-5-11-13(15(23)19-10(2)9-12(22)21(3)4)24-16(20-11)14-17-7-6-8-18-14/h6-8,10H,5,9H2,1-4H3,(H,19,23). The van der Waals surface area contributed by atoms with Gasteiger partial charge in [0.2, 0.25) is 5.91 Å². The average molecular weight is 347 g/mol. The molecule has 1 N–H and O–H groups in total. The molecule has 1 unspecified atom stereocenters. The number of nitrogens with one attached hydrogen (secondary N) is 1. The zero-order valence-electron chi connectivity index (χ0n) is 14.2. The van der Waals surface area contributed by atoms with Crippen LogP contribution in [0.3, 0.4) is 0 Å². The average Bonchev–Trinajstić information content (AvgIpc) is 2.99. The zero-order valence-corrected chi connectivity index (χ0v) is 15.1. The van der Waals surface area contributed by atoms with Gasteiger partial charge in [-0.15, -0.1) is 11.3 Å². The van der Waals surface area contributed by atoms with Crippen molar-refractivity contribution in [3.8, 4) is 10.8 Å². The molecule has 0 aromatic carbocycles. The summed E-state index contributed by atoms with van der Waals surface area (Å²) in [5.74, 6) is 0.263. The number of carbonyl (C=O) groups excluding carboxylic acids is 2. The first-order valence-electron chi connectivity index (χ1n) is 7.70. The first-order valence-corrected chi connectivity index (χ1v) is 8.52. The van der Waals surface area contributed by atoms with Crippen LogP contribution in [0.5, 0.6) is 0 Å². The van der Waals surface area contributed by atoms with E-state index in [-0.39, 0.29) is 24.3 Å². The van der Waals surface area contributed by atoms with Gasteiger partial charge in [-0.25, -0.2) is 15.0 Å². The lowest BCUT2D eigenvalue weighted by Gasteiger charge is -2.16. The van der Waals surface area contributed by atoms with Crippen molar-refractivity contribution in [1.29, 1.82) is 0 Å². The maximum absolute atomic E-state index is 12.5. The molecule has 2 amide bonds. The van der Waals surface area contributed by atoms with E-state index in [1.54, 1.807) is 32.6 Å². The van der Waals surface area contributed by atoms with Gasteiger partial charge in [0, 0.05) is 39.0 Å². The van der Waals surface area contributed by atoms with Crippen molar-refractivity contribution in [2.75, 3.05) is 14.1 Å². The Labute approximate surface area is 145 Å². The highest BCUT2D eigenvalue weighted by Crippen LogP contribution is 2.26. The van der Waals surface area contributed by atoms with E-state index in [0.717, 1.165) is 0 Å². The second kappa shape index (κ2) is 7.96. The molecule has 8 heteroatoms. The van der Waals surface area contributed by atoms with Crippen molar-refractivity contribution < 1.29 is 9.59 Å². The molecule has 2 aromatic rings. The summed E-state index contributed by atoms with van der Waals surface area (Å²) in [6, 6.07) is 1.48. The number of aryl methyl sites for hydroxylation is 1. The van der Waals surface area contributed by atoms with Gasteiger partial charge in [-0.05, 0) is 19.4 Å². The third kappa shape index (κ3) is 4.35. The van der Waals surface area contributed by atoms with Crippen LogP contribution in [-0.4, -0.2) is 51.8 Å². The number of hydrogen-bond donors (Lipinski definition) is 1. The van der Waals surface area contributed by atoms with Crippen molar-refractivity contribution in [2.24, 2.45) is 0 Å². The predicted molar refractivity (Wildman–Crippen MR) is 92.8 cm³/mol. The Morgan fingerprint density at radius 3 is 2.54 bits per heavy atom. The molecule has 0 aliphatic carbocycles. The van der Waals surface area contributed by atoms with E-state index in [2.05, 4.69) is 20.3 Å². The monoisotopic (exact) mass is 347 g/mol. The summed E-state index contributed by atoms with van der Waals surface area (Å²) in [6.07, 6.45) is 4.18. The number of carbonyl (C=O) groups is 2. The van der Waals surface area contributed by atoms with Gasteiger partial charge in [0.15, 0.2) is 10.8 Å². The topological polar surface area (TPSA) is 88.1 Å². The molecule has 0 saturated heterocycles. The molecule has 2 aromatic heterocycles. The van der Waals surface area contributed by atoms with Crippen molar-refractivity contribution in [2.45, 2.75) is 32.7 Å². The zero-order chi connectivity index (χ0) is 17.7. The molecule has 0 fully saturated rings. The highest BCUT2D eigenvalue weighted by Gasteiger charge is 2.21. The Balaban J connectivity index is 2.14. The van der Waals surface area contributed by atoms with Crippen LogP contribution >= 0.6 is 11.3 Å². The Hall–Kier alpha value is -2.35. The van der Waals surface area contributed by atoms with E-state index in [9.17, 15) is 9.59 Å². The molecule has 7 nitrogen and oxygen atoms in total. The van der Waals surface area contributed by atoms with Gasteiger partial charge in [0.05, 0.1) is 5.69 Å². The van der Waals surface area contributed by atoms with Crippen LogP contribution in [0, 0.1) is 0 Å². The van der Waals surface area contributed by atoms with E-state index in [1.165, 1.54) is 16.2 Å². The third-order valence-electron chi connectivity index (χ3n) is 3.35. The van der Waals surface area contributed by atoms with Gasteiger partial charge < -0.3 is 10.2 Å². The van der Waals surface area contributed by atoms with Crippen molar-refractivity contribution >= 4 is 23.2 Å².